The van der Waals surface area contributed by atoms with Gasteiger partial charge in [0.1, 0.15) is 0 Å². The predicted molar refractivity (Wildman–Crippen MR) is 68.7 cm³/mol. The number of carboxylic acids is 1. The van der Waals surface area contributed by atoms with E-state index < -0.39 is 11.4 Å². The van der Waals surface area contributed by atoms with Crippen molar-refractivity contribution in [3.63, 3.8) is 0 Å². The van der Waals surface area contributed by atoms with Crippen LogP contribution < -0.4 is 0 Å². The molecule has 0 saturated heterocycles. The number of fused-ring (bicyclic) bond motifs is 1. The number of hydrogen-bond donors (Lipinski definition) is 1. The van der Waals surface area contributed by atoms with Gasteiger partial charge in [0.05, 0.1) is 5.41 Å². The minimum atomic E-state index is -0.629. The fourth-order valence-electron chi connectivity index (χ4n) is 3.17. The van der Waals surface area contributed by atoms with Gasteiger partial charge in [-0.25, -0.2) is 0 Å². The van der Waals surface area contributed by atoms with Crippen molar-refractivity contribution in [3.8, 4) is 0 Å². The quantitative estimate of drug-likeness (QED) is 0.873. The second kappa shape index (κ2) is 4.05. The van der Waals surface area contributed by atoms with Crippen molar-refractivity contribution in [2.45, 2.75) is 42.4 Å². The highest BCUT2D eigenvalue weighted by Crippen LogP contribution is 2.47. The molecule has 1 aliphatic heterocycles. The minimum absolute atomic E-state index is 0.595. The number of hydrogen-bond acceptors (Lipinski definition) is 2. The summed E-state index contributed by atoms with van der Waals surface area (Å²) in [6, 6.07) is 6.21. The van der Waals surface area contributed by atoms with Gasteiger partial charge in [-0.1, -0.05) is 31.0 Å². The van der Waals surface area contributed by atoms with Gasteiger partial charge in [-0.2, -0.15) is 0 Å². The van der Waals surface area contributed by atoms with Crippen LogP contribution in [0, 0.1) is 0 Å². The molecule has 0 radical (unpaired) electrons. The second-order valence-corrected chi connectivity index (χ2v) is 6.09. The summed E-state index contributed by atoms with van der Waals surface area (Å²) in [7, 11) is 0. The molecule has 1 aromatic carbocycles. The first-order chi connectivity index (χ1) is 8.24. The lowest BCUT2D eigenvalue weighted by molar-refractivity contribution is -0.143. The zero-order valence-electron chi connectivity index (χ0n) is 9.74. The maximum Gasteiger partial charge on any atom is 0.314 e. The van der Waals surface area contributed by atoms with Crippen LogP contribution >= 0.6 is 11.8 Å². The highest BCUT2D eigenvalue weighted by atomic mass is 32.2. The molecular weight excluding hydrogens is 232 g/mol. The molecule has 1 heterocycles. The molecule has 0 bridgehead atoms. The van der Waals surface area contributed by atoms with Crippen molar-refractivity contribution < 1.29 is 9.90 Å². The summed E-state index contributed by atoms with van der Waals surface area (Å²) in [5.74, 6) is 0.470. The van der Waals surface area contributed by atoms with Crippen LogP contribution in [0.4, 0.5) is 0 Å². The molecular formula is C14H16O2S. The highest BCUT2D eigenvalue weighted by molar-refractivity contribution is 7.99. The lowest BCUT2D eigenvalue weighted by atomic mass is 9.78. The molecule has 3 heteroatoms. The molecule has 2 aliphatic rings. The normalized spacial score (nSPS) is 21.4. The number of aliphatic carboxylic acids is 1. The van der Waals surface area contributed by atoms with Crippen molar-refractivity contribution in [3.05, 3.63) is 29.3 Å². The first-order valence-electron chi connectivity index (χ1n) is 6.23. The van der Waals surface area contributed by atoms with E-state index in [1.807, 2.05) is 23.9 Å². The second-order valence-electron chi connectivity index (χ2n) is 4.99. The summed E-state index contributed by atoms with van der Waals surface area (Å²) in [5.41, 5.74) is 1.84. The molecule has 1 aromatic rings. The number of carbonyl (C=O) groups is 1. The summed E-state index contributed by atoms with van der Waals surface area (Å²) < 4.78 is 0. The Balaban J connectivity index is 2.14. The van der Waals surface area contributed by atoms with E-state index in [2.05, 4.69) is 6.07 Å². The SMILES string of the molecule is O=C(O)C1(c2cccc3c2SCC3)CCCC1. The maximum absolute atomic E-state index is 11.7. The zero-order valence-corrected chi connectivity index (χ0v) is 10.6. The van der Waals surface area contributed by atoms with Gasteiger partial charge >= 0.3 is 5.97 Å². The number of benzene rings is 1. The Morgan fingerprint density at radius 3 is 2.76 bits per heavy atom. The van der Waals surface area contributed by atoms with E-state index in [0.717, 1.165) is 43.4 Å². The molecule has 3 rings (SSSR count). The molecule has 2 nitrogen and oxygen atoms in total. The van der Waals surface area contributed by atoms with Gasteiger partial charge in [0.2, 0.25) is 0 Å². The molecule has 1 N–H and O–H groups in total. The first-order valence-corrected chi connectivity index (χ1v) is 7.21. The largest absolute Gasteiger partial charge is 0.481 e. The Labute approximate surface area is 105 Å². The summed E-state index contributed by atoms with van der Waals surface area (Å²) in [6.07, 6.45) is 4.78. The van der Waals surface area contributed by atoms with Crippen LogP contribution in [0.25, 0.3) is 0 Å². The molecule has 0 unspecified atom stereocenters. The lowest BCUT2D eigenvalue weighted by Gasteiger charge is -2.26. The average Bonchev–Trinajstić information content (AvgIpc) is 2.98. The zero-order chi connectivity index (χ0) is 11.9. The summed E-state index contributed by atoms with van der Waals surface area (Å²) in [6.45, 7) is 0. The van der Waals surface area contributed by atoms with E-state index in [-0.39, 0.29) is 0 Å². The Morgan fingerprint density at radius 2 is 2.06 bits per heavy atom. The molecule has 1 fully saturated rings. The summed E-state index contributed by atoms with van der Waals surface area (Å²) in [5, 5.41) is 9.64. The fourth-order valence-corrected chi connectivity index (χ4v) is 4.47. The molecule has 1 saturated carbocycles. The van der Waals surface area contributed by atoms with Gasteiger partial charge in [0, 0.05) is 10.6 Å². The molecule has 0 atom stereocenters. The van der Waals surface area contributed by atoms with Crippen LogP contribution in [0.2, 0.25) is 0 Å². The van der Waals surface area contributed by atoms with Crippen molar-refractivity contribution >= 4 is 17.7 Å². The van der Waals surface area contributed by atoms with Crippen molar-refractivity contribution in [2.75, 3.05) is 5.75 Å². The Bertz CT molecular complexity index is 461. The third kappa shape index (κ3) is 1.60. The third-order valence-electron chi connectivity index (χ3n) is 4.10. The molecule has 1 aliphatic carbocycles. The number of thioether (sulfide) groups is 1. The van der Waals surface area contributed by atoms with Crippen LogP contribution in [-0.4, -0.2) is 16.8 Å². The van der Waals surface area contributed by atoms with Gasteiger partial charge in [0.15, 0.2) is 0 Å². The van der Waals surface area contributed by atoms with Crippen LogP contribution in [-0.2, 0) is 16.6 Å². The summed E-state index contributed by atoms with van der Waals surface area (Å²) in [4.78, 5) is 13.0. The first kappa shape index (κ1) is 11.1. The fraction of sp³-hybridized carbons (Fsp3) is 0.500. The van der Waals surface area contributed by atoms with Crippen LogP contribution in [0.3, 0.4) is 0 Å². The van der Waals surface area contributed by atoms with Gasteiger partial charge in [-0.15, -0.1) is 11.8 Å². The minimum Gasteiger partial charge on any atom is -0.481 e. The average molecular weight is 248 g/mol. The van der Waals surface area contributed by atoms with E-state index in [9.17, 15) is 9.90 Å². The lowest BCUT2D eigenvalue weighted by Crippen LogP contribution is -2.33. The number of rotatable bonds is 2. The van der Waals surface area contributed by atoms with Gasteiger partial charge in [-0.05, 0) is 30.4 Å². The van der Waals surface area contributed by atoms with Gasteiger partial charge < -0.3 is 5.11 Å². The Kier molecular flexibility index (Phi) is 2.66. The van der Waals surface area contributed by atoms with E-state index in [0.29, 0.717) is 0 Å². The van der Waals surface area contributed by atoms with Crippen molar-refractivity contribution in [1.29, 1.82) is 0 Å². The number of carboxylic acid groups (broad SMARTS) is 1. The van der Waals surface area contributed by atoms with Crippen LogP contribution in [0.5, 0.6) is 0 Å². The third-order valence-corrected chi connectivity index (χ3v) is 5.28. The van der Waals surface area contributed by atoms with E-state index in [1.165, 1.54) is 10.5 Å². The molecule has 0 spiro atoms. The van der Waals surface area contributed by atoms with Crippen molar-refractivity contribution in [2.24, 2.45) is 0 Å². The predicted octanol–water partition coefficient (Wildman–Crippen LogP) is 3.23. The van der Waals surface area contributed by atoms with Gasteiger partial charge in [0.25, 0.3) is 0 Å². The highest BCUT2D eigenvalue weighted by Gasteiger charge is 2.44. The molecule has 17 heavy (non-hydrogen) atoms. The summed E-state index contributed by atoms with van der Waals surface area (Å²) >= 11 is 1.83. The Morgan fingerprint density at radius 1 is 1.29 bits per heavy atom. The molecule has 0 aromatic heterocycles. The molecule has 0 amide bonds. The monoisotopic (exact) mass is 248 g/mol. The van der Waals surface area contributed by atoms with Crippen molar-refractivity contribution in [1.82, 2.24) is 0 Å². The maximum atomic E-state index is 11.7. The topological polar surface area (TPSA) is 37.3 Å². The Hall–Kier alpha value is -0.960. The van der Waals surface area contributed by atoms with E-state index >= 15 is 0 Å². The smallest absolute Gasteiger partial charge is 0.314 e. The number of aryl methyl sites for hydroxylation is 1. The van der Waals surface area contributed by atoms with Crippen LogP contribution in [0.1, 0.15) is 36.8 Å². The van der Waals surface area contributed by atoms with Gasteiger partial charge in [-0.3, -0.25) is 4.79 Å². The standard InChI is InChI=1S/C14H16O2S/c15-13(16)14(7-1-2-8-14)11-5-3-4-10-6-9-17-12(10)11/h3-5H,1-2,6-9H2,(H,15,16). The molecule has 90 valence electrons. The van der Waals surface area contributed by atoms with Crippen LogP contribution in [0.15, 0.2) is 23.1 Å². The van der Waals surface area contributed by atoms with E-state index in [4.69, 9.17) is 0 Å². The van der Waals surface area contributed by atoms with E-state index in [1.54, 1.807) is 0 Å².